The van der Waals surface area contributed by atoms with Crippen LogP contribution in [-0.2, 0) is 4.79 Å². The highest BCUT2D eigenvalue weighted by Crippen LogP contribution is 2.26. The molecule has 11 heteroatoms. The van der Waals surface area contributed by atoms with Crippen LogP contribution in [0.25, 0.3) is 16.2 Å². The molecular weight excluding hydrogens is 420 g/mol. The van der Waals surface area contributed by atoms with E-state index < -0.39 is 11.4 Å². The van der Waals surface area contributed by atoms with E-state index in [1.54, 1.807) is 12.1 Å². The third-order valence-corrected chi connectivity index (χ3v) is 5.88. The van der Waals surface area contributed by atoms with Crippen LogP contribution in [0.3, 0.4) is 0 Å². The Bertz CT molecular complexity index is 1180. The molecule has 3 aromatic rings. The lowest BCUT2D eigenvalue weighted by molar-refractivity contribution is -0.125. The van der Waals surface area contributed by atoms with E-state index in [-0.39, 0.29) is 22.8 Å². The van der Waals surface area contributed by atoms with Crippen LogP contribution in [0.5, 0.6) is 0 Å². The van der Waals surface area contributed by atoms with Gasteiger partial charge < -0.3 is 15.3 Å². The Morgan fingerprint density at radius 1 is 1.32 bits per heavy atom. The Balaban J connectivity index is 1.60. The molecule has 31 heavy (non-hydrogen) atoms. The number of anilines is 1. The lowest BCUT2D eigenvalue weighted by atomic mass is 9.99. The monoisotopic (exact) mass is 442 g/mol. The van der Waals surface area contributed by atoms with Gasteiger partial charge in [0.25, 0.3) is 0 Å². The first-order valence-electron chi connectivity index (χ1n) is 9.94. The molecule has 1 aliphatic heterocycles. The molecule has 0 aromatic carbocycles. The van der Waals surface area contributed by atoms with Gasteiger partial charge in [-0.25, -0.2) is 14.8 Å². The lowest BCUT2D eigenvalue weighted by Crippen LogP contribution is -2.54. The van der Waals surface area contributed by atoms with Crippen molar-refractivity contribution in [2.24, 2.45) is 11.8 Å². The maximum Gasteiger partial charge on any atom is 0.341 e. The highest BCUT2D eigenvalue weighted by molar-refractivity contribution is 7.08. The van der Waals surface area contributed by atoms with Crippen LogP contribution in [-0.4, -0.2) is 55.5 Å². The molecular formula is C20H22N6O4S. The summed E-state index contributed by atoms with van der Waals surface area (Å²) in [5.41, 5.74) is -0.665. The second-order valence-corrected chi connectivity index (χ2v) is 8.65. The molecule has 0 atom stereocenters. The van der Waals surface area contributed by atoms with Crippen LogP contribution >= 0.6 is 11.5 Å². The number of fused-ring (bicyclic) bond motifs is 1. The number of amides is 1. The van der Waals surface area contributed by atoms with Crippen molar-refractivity contribution in [3.63, 3.8) is 0 Å². The summed E-state index contributed by atoms with van der Waals surface area (Å²) in [5, 5.41) is 13.0. The SMILES string of the molecule is CC(C)CCNC(=O)C1CN(c2ccc3c(=O)c(C(=O)O)cn(-c4ncns4)c3n2)C1. The normalized spacial score (nSPS) is 14.1. The Morgan fingerprint density at radius 2 is 2.10 bits per heavy atom. The summed E-state index contributed by atoms with van der Waals surface area (Å²) in [6.45, 7) is 5.96. The third-order valence-electron chi connectivity index (χ3n) is 5.22. The van der Waals surface area contributed by atoms with Gasteiger partial charge in [-0.15, -0.1) is 0 Å². The zero-order valence-corrected chi connectivity index (χ0v) is 17.9. The van der Waals surface area contributed by atoms with Crippen molar-refractivity contribution in [2.45, 2.75) is 20.3 Å². The molecule has 3 aromatic heterocycles. The number of carbonyl (C=O) groups excluding carboxylic acids is 1. The Morgan fingerprint density at radius 3 is 2.74 bits per heavy atom. The standard InChI is InChI=1S/C20H22N6O4S/c1-11(2)5-6-21-18(28)12-7-25(8-12)15-4-3-13-16(27)14(19(29)30)9-26(17(13)24-15)20-22-10-23-31-20/h3-4,9-12H,5-8H2,1-2H3,(H,21,28)(H,29,30). The zero-order chi connectivity index (χ0) is 22.1. The molecule has 10 nitrogen and oxygen atoms in total. The molecule has 0 radical (unpaired) electrons. The minimum absolute atomic E-state index is 0.0366. The third kappa shape index (κ3) is 4.13. The van der Waals surface area contributed by atoms with Gasteiger partial charge in [0.2, 0.25) is 16.5 Å². The molecule has 1 amide bonds. The Labute approximate surface area is 181 Å². The molecule has 4 heterocycles. The number of carboxylic acid groups (broad SMARTS) is 1. The first-order valence-corrected chi connectivity index (χ1v) is 10.7. The van der Waals surface area contributed by atoms with Crippen molar-refractivity contribution >= 4 is 40.3 Å². The first-order chi connectivity index (χ1) is 14.8. The zero-order valence-electron chi connectivity index (χ0n) is 17.1. The van der Waals surface area contributed by atoms with Crippen molar-refractivity contribution in [3.8, 4) is 5.13 Å². The molecule has 0 saturated carbocycles. The fourth-order valence-corrected chi connectivity index (χ4v) is 3.91. The van der Waals surface area contributed by atoms with Crippen LogP contribution in [0.2, 0.25) is 0 Å². The average molecular weight is 443 g/mol. The summed E-state index contributed by atoms with van der Waals surface area (Å²) >= 11 is 1.07. The first kappa shape index (κ1) is 20.9. The van der Waals surface area contributed by atoms with Crippen molar-refractivity contribution in [1.29, 1.82) is 0 Å². The van der Waals surface area contributed by atoms with E-state index in [0.29, 0.717) is 42.1 Å². The Hall–Kier alpha value is -3.34. The van der Waals surface area contributed by atoms with Crippen molar-refractivity contribution in [3.05, 3.63) is 40.4 Å². The van der Waals surface area contributed by atoms with Gasteiger partial charge >= 0.3 is 5.97 Å². The van der Waals surface area contributed by atoms with Crippen LogP contribution < -0.4 is 15.6 Å². The van der Waals surface area contributed by atoms with E-state index in [1.165, 1.54) is 17.1 Å². The quantitative estimate of drug-likeness (QED) is 0.563. The van der Waals surface area contributed by atoms with Crippen molar-refractivity contribution in [2.75, 3.05) is 24.5 Å². The maximum atomic E-state index is 12.6. The fraction of sp³-hybridized carbons (Fsp3) is 0.400. The van der Waals surface area contributed by atoms with Crippen LogP contribution in [0.4, 0.5) is 5.82 Å². The molecule has 0 unspecified atom stereocenters. The number of nitrogens with zero attached hydrogens (tertiary/aromatic N) is 5. The maximum absolute atomic E-state index is 12.6. The highest BCUT2D eigenvalue weighted by atomic mass is 32.1. The molecule has 0 bridgehead atoms. The highest BCUT2D eigenvalue weighted by Gasteiger charge is 2.33. The number of aromatic carboxylic acids is 1. The minimum atomic E-state index is -1.32. The summed E-state index contributed by atoms with van der Waals surface area (Å²) in [6.07, 6.45) is 3.52. The van der Waals surface area contributed by atoms with Gasteiger partial charge in [-0.1, -0.05) is 13.8 Å². The van der Waals surface area contributed by atoms with Gasteiger partial charge in [-0.05, 0) is 24.5 Å². The van der Waals surface area contributed by atoms with Crippen LogP contribution in [0.1, 0.15) is 30.6 Å². The summed E-state index contributed by atoms with van der Waals surface area (Å²) in [4.78, 5) is 47.1. The summed E-state index contributed by atoms with van der Waals surface area (Å²) in [6, 6.07) is 3.24. The summed E-state index contributed by atoms with van der Waals surface area (Å²) in [5.74, 6) is -0.242. The van der Waals surface area contributed by atoms with E-state index in [9.17, 15) is 19.5 Å². The van der Waals surface area contributed by atoms with Gasteiger partial charge in [0.05, 0.1) is 11.3 Å². The molecule has 0 spiro atoms. The number of rotatable bonds is 7. The topological polar surface area (TPSA) is 130 Å². The molecule has 0 aliphatic carbocycles. The molecule has 162 valence electrons. The molecule has 4 rings (SSSR count). The van der Waals surface area contributed by atoms with Gasteiger partial charge in [0.15, 0.2) is 5.65 Å². The van der Waals surface area contributed by atoms with Crippen LogP contribution in [0.15, 0.2) is 29.5 Å². The van der Waals surface area contributed by atoms with Gasteiger partial charge in [0.1, 0.15) is 17.7 Å². The van der Waals surface area contributed by atoms with E-state index in [1.807, 2.05) is 4.90 Å². The Kier molecular flexibility index (Phi) is 5.68. The van der Waals surface area contributed by atoms with Gasteiger partial charge in [0, 0.05) is 37.4 Å². The molecule has 2 N–H and O–H groups in total. The summed E-state index contributed by atoms with van der Waals surface area (Å²) < 4.78 is 5.42. The number of carbonyl (C=O) groups is 2. The summed E-state index contributed by atoms with van der Waals surface area (Å²) in [7, 11) is 0. The van der Waals surface area contributed by atoms with E-state index in [0.717, 1.165) is 18.0 Å². The number of carboxylic acids is 1. The van der Waals surface area contributed by atoms with E-state index in [4.69, 9.17) is 0 Å². The molecule has 1 saturated heterocycles. The van der Waals surface area contributed by atoms with Crippen molar-refractivity contribution in [1.82, 2.24) is 24.2 Å². The molecule has 1 aliphatic rings. The molecule has 1 fully saturated rings. The number of aromatic nitrogens is 4. The predicted octanol–water partition coefficient (Wildman–Crippen LogP) is 1.53. The largest absolute Gasteiger partial charge is 0.477 e. The van der Waals surface area contributed by atoms with E-state index >= 15 is 0 Å². The number of hydrogen-bond acceptors (Lipinski definition) is 8. The predicted molar refractivity (Wildman–Crippen MR) is 116 cm³/mol. The lowest BCUT2D eigenvalue weighted by Gasteiger charge is -2.39. The van der Waals surface area contributed by atoms with Gasteiger partial charge in [-0.3, -0.25) is 14.2 Å². The number of nitrogens with one attached hydrogen (secondary N) is 1. The minimum Gasteiger partial charge on any atom is -0.477 e. The smallest absolute Gasteiger partial charge is 0.341 e. The van der Waals surface area contributed by atoms with Crippen molar-refractivity contribution < 1.29 is 14.7 Å². The van der Waals surface area contributed by atoms with E-state index in [2.05, 4.69) is 33.5 Å². The fourth-order valence-electron chi connectivity index (χ4n) is 3.40. The second-order valence-electron chi connectivity index (χ2n) is 7.89. The van der Waals surface area contributed by atoms with Crippen LogP contribution in [0, 0.1) is 11.8 Å². The second kappa shape index (κ2) is 8.42. The number of pyridine rings is 2. The number of hydrogen-bond donors (Lipinski definition) is 2. The average Bonchev–Trinajstić information content (AvgIpc) is 3.21. The van der Waals surface area contributed by atoms with Gasteiger partial charge in [-0.2, -0.15) is 4.37 Å².